The fraction of sp³-hybridized carbons (Fsp3) is 0.278. The number of nitrogens with zero attached hydrogens (tertiary/aromatic N) is 1. The van der Waals surface area contributed by atoms with E-state index in [0.29, 0.717) is 21.7 Å². The van der Waals surface area contributed by atoms with Crippen molar-refractivity contribution in [2.75, 3.05) is 33.0 Å². The molecule has 0 atom stereocenters. The van der Waals surface area contributed by atoms with E-state index in [0.717, 1.165) is 5.56 Å². The number of ether oxygens (including phenoxy) is 2. The molecule has 0 radical (unpaired) electrons. The Kier molecular flexibility index (Phi) is 6.72. The quantitative estimate of drug-likeness (QED) is 0.691. The first-order valence-corrected chi connectivity index (χ1v) is 10.2. The Bertz CT molecular complexity index is 928. The molecule has 0 aliphatic rings. The molecule has 2 aromatic carbocycles. The van der Waals surface area contributed by atoms with Gasteiger partial charge in [0.15, 0.2) is 11.5 Å². The summed E-state index contributed by atoms with van der Waals surface area (Å²) in [4.78, 5) is 13.3. The van der Waals surface area contributed by atoms with Crippen molar-refractivity contribution < 1.29 is 22.7 Å². The third-order valence-electron chi connectivity index (χ3n) is 3.79. The molecule has 7 nitrogen and oxygen atoms in total. The summed E-state index contributed by atoms with van der Waals surface area (Å²) >= 11 is 3.26. The monoisotopic (exact) mass is 456 g/mol. The lowest BCUT2D eigenvalue weighted by atomic mass is 10.1. The molecule has 1 N–H and O–H groups in total. The molecule has 2 aromatic rings. The van der Waals surface area contributed by atoms with Crippen LogP contribution in [0.4, 0.5) is 5.69 Å². The van der Waals surface area contributed by atoms with E-state index in [1.807, 2.05) is 0 Å². The molecule has 0 aromatic heterocycles. The highest BCUT2D eigenvalue weighted by atomic mass is 79.9. The van der Waals surface area contributed by atoms with Crippen LogP contribution in [0.5, 0.6) is 11.5 Å². The fourth-order valence-electron chi connectivity index (χ4n) is 2.27. The van der Waals surface area contributed by atoms with Crippen LogP contribution in [0.15, 0.2) is 45.8 Å². The number of amides is 1. The van der Waals surface area contributed by atoms with Crippen molar-refractivity contribution in [2.45, 2.75) is 11.3 Å². The zero-order valence-electron chi connectivity index (χ0n) is 15.4. The van der Waals surface area contributed by atoms with Crippen LogP contribution in [0.1, 0.15) is 5.56 Å². The zero-order valence-corrected chi connectivity index (χ0v) is 17.8. The van der Waals surface area contributed by atoms with Crippen molar-refractivity contribution in [3.8, 4) is 11.5 Å². The van der Waals surface area contributed by atoms with Gasteiger partial charge in [0.1, 0.15) is 4.90 Å². The second-order valence-corrected chi connectivity index (χ2v) is 8.41. The Morgan fingerprint density at radius 1 is 1.07 bits per heavy atom. The van der Waals surface area contributed by atoms with Crippen molar-refractivity contribution in [2.24, 2.45) is 0 Å². The highest BCUT2D eigenvalue weighted by Gasteiger charge is 2.21. The largest absolute Gasteiger partial charge is 0.493 e. The Morgan fingerprint density at radius 2 is 1.63 bits per heavy atom. The molecule has 0 unspecified atom stereocenters. The maximum Gasteiger partial charge on any atom is 0.263 e. The molecule has 9 heteroatoms. The van der Waals surface area contributed by atoms with Gasteiger partial charge < -0.3 is 14.4 Å². The molecule has 0 saturated carbocycles. The fourth-order valence-corrected chi connectivity index (χ4v) is 4.37. The Balaban J connectivity index is 2.25. The number of carbonyl (C=O) groups is 1. The number of hydrogen-bond acceptors (Lipinski definition) is 5. The van der Waals surface area contributed by atoms with Crippen LogP contribution in [-0.2, 0) is 21.2 Å². The van der Waals surface area contributed by atoms with Crippen molar-refractivity contribution in [3.05, 3.63) is 46.4 Å². The summed E-state index contributed by atoms with van der Waals surface area (Å²) < 4.78 is 38.7. The van der Waals surface area contributed by atoms with Gasteiger partial charge in [-0.05, 0) is 39.7 Å². The first-order valence-electron chi connectivity index (χ1n) is 7.91. The molecule has 0 aliphatic carbocycles. The third kappa shape index (κ3) is 5.14. The minimum Gasteiger partial charge on any atom is -0.493 e. The van der Waals surface area contributed by atoms with E-state index in [4.69, 9.17) is 9.47 Å². The number of halogens is 1. The summed E-state index contributed by atoms with van der Waals surface area (Å²) in [6, 6.07) is 9.57. The first-order chi connectivity index (χ1) is 12.7. The number of sulfonamides is 1. The van der Waals surface area contributed by atoms with Gasteiger partial charge in [-0.25, -0.2) is 8.42 Å². The predicted molar refractivity (Wildman–Crippen MR) is 107 cm³/mol. The Labute approximate surface area is 167 Å². The van der Waals surface area contributed by atoms with Crippen LogP contribution in [0.25, 0.3) is 0 Å². The van der Waals surface area contributed by atoms with Gasteiger partial charge in [-0.15, -0.1) is 0 Å². The molecule has 0 fully saturated rings. The smallest absolute Gasteiger partial charge is 0.263 e. The zero-order chi connectivity index (χ0) is 20.2. The lowest BCUT2D eigenvalue weighted by Crippen LogP contribution is -2.23. The van der Waals surface area contributed by atoms with E-state index in [1.165, 1.54) is 31.3 Å². The molecule has 0 saturated heterocycles. The topological polar surface area (TPSA) is 84.9 Å². The van der Waals surface area contributed by atoms with Gasteiger partial charge in [-0.1, -0.05) is 12.1 Å². The summed E-state index contributed by atoms with van der Waals surface area (Å²) in [6.45, 7) is 0. The highest BCUT2D eigenvalue weighted by molar-refractivity contribution is 9.10. The summed E-state index contributed by atoms with van der Waals surface area (Å²) in [5.74, 6) is 0.689. The average Bonchev–Trinajstić information content (AvgIpc) is 2.62. The molecule has 27 heavy (non-hydrogen) atoms. The summed E-state index contributed by atoms with van der Waals surface area (Å²) in [7, 11) is 2.42. The maximum absolute atomic E-state index is 12.7. The molecule has 0 bridgehead atoms. The molecular formula is C18H21BrN2O5S. The first kappa shape index (κ1) is 21.0. The summed E-state index contributed by atoms with van der Waals surface area (Å²) in [6.07, 6.45) is 0.251. The second-order valence-electron chi connectivity index (χ2n) is 5.90. The van der Waals surface area contributed by atoms with Crippen molar-refractivity contribution in [1.82, 2.24) is 4.90 Å². The van der Waals surface area contributed by atoms with Gasteiger partial charge in [0, 0.05) is 30.3 Å². The van der Waals surface area contributed by atoms with E-state index in [2.05, 4.69) is 20.7 Å². The van der Waals surface area contributed by atoms with Gasteiger partial charge in [0.2, 0.25) is 5.91 Å². The average molecular weight is 457 g/mol. The van der Waals surface area contributed by atoms with Crippen molar-refractivity contribution in [3.63, 3.8) is 0 Å². The molecule has 0 heterocycles. The highest BCUT2D eigenvalue weighted by Crippen LogP contribution is 2.36. The Hall–Kier alpha value is -2.26. The number of anilines is 1. The SMILES string of the molecule is COc1cc(Br)c(S(=O)(=O)Nc2ccc(CC(=O)N(C)C)cc2)cc1OC. The third-order valence-corrected chi connectivity index (χ3v) is 6.13. The summed E-state index contributed by atoms with van der Waals surface area (Å²) in [5, 5.41) is 0. The van der Waals surface area contributed by atoms with E-state index >= 15 is 0 Å². The van der Waals surface area contributed by atoms with Crippen LogP contribution in [0.3, 0.4) is 0 Å². The van der Waals surface area contributed by atoms with Gasteiger partial charge in [0.05, 0.1) is 20.6 Å². The number of hydrogen-bond donors (Lipinski definition) is 1. The number of benzene rings is 2. The number of nitrogens with one attached hydrogen (secondary N) is 1. The standard InChI is InChI=1S/C18H21BrN2O5S/c1-21(2)18(22)9-12-5-7-13(8-6-12)20-27(23,24)17-11-16(26-4)15(25-3)10-14(17)19/h5-8,10-11,20H,9H2,1-4H3. The van der Waals surface area contributed by atoms with Crippen LogP contribution in [0.2, 0.25) is 0 Å². The lowest BCUT2D eigenvalue weighted by molar-refractivity contribution is -0.127. The molecule has 2 rings (SSSR count). The van der Waals surface area contributed by atoms with E-state index in [1.54, 1.807) is 38.4 Å². The number of likely N-dealkylation sites (N-methyl/N-ethyl adjacent to an activating group) is 1. The van der Waals surface area contributed by atoms with Crippen molar-refractivity contribution in [1.29, 1.82) is 0 Å². The van der Waals surface area contributed by atoms with Crippen LogP contribution in [-0.4, -0.2) is 47.5 Å². The minimum atomic E-state index is -3.86. The molecule has 146 valence electrons. The van der Waals surface area contributed by atoms with E-state index < -0.39 is 10.0 Å². The molecule has 1 amide bonds. The van der Waals surface area contributed by atoms with Crippen LogP contribution >= 0.6 is 15.9 Å². The minimum absolute atomic E-state index is 0.0204. The molecular weight excluding hydrogens is 436 g/mol. The van der Waals surface area contributed by atoms with Gasteiger partial charge in [-0.2, -0.15) is 0 Å². The number of methoxy groups -OCH3 is 2. The second kappa shape index (κ2) is 8.62. The van der Waals surface area contributed by atoms with E-state index in [-0.39, 0.29) is 17.2 Å². The Morgan fingerprint density at radius 3 is 2.15 bits per heavy atom. The number of carbonyl (C=O) groups excluding carboxylic acids is 1. The van der Waals surface area contributed by atoms with Crippen LogP contribution in [0, 0.1) is 0 Å². The summed E-state index contributed by atoms with van der Waals surface area (Å²) in [5.41, 5.74) is 1.18. The van der Waals surface area contributed by atoms with Gasteiger partial charge in [-0.3, -0.25) is 9.52 Å². The molecule has 0 spiro atoms. The maximum atomic E-state index is 12.7. The van der Waals surface area contributed by atoms with Crippen LogP contribution < -0.4 is 14.2 Å². The van der Waals surface area contributed by atoms with Crippen molar-refractivity contribution >= 4 is 37.5 Å². The normalized spacial score (nSPS) is 11.0. The van der Waals surface area contributed by atoms with Gasteiger partial charge >= 0.3 is 0 Å². The number of rotatable bonds is 7. The van der Waals surface area contributed by atoms with Gasteiger partial charge in [0.25, 0.3) is 10.0 Å². The lowest BCUT2D eigenvalue weighted by Gasteiger charge is -2.14. The van der Waals surface area contributed by atoms with E-state index in [9.17, 15) is 13.2 Å². The molecule has 0 aliphatic heterocycles. The predicted octanol–water partition coefficient (Wildman–Crippen LogP) is 2.90.